The molecular weight excluding hydrogens is 296 g/mol. The largest absolute Gasteiger partial charge is 0.444 e. The first-order chi connectivity index (χ1) is 10.4. The molecular formula is C17H32N2O2S. The lowest BCUT2D eigenvalue weighted by atomic mass is 10.0. The fraction of sp³-hybridized carbons (Fsp3) is 0.941. The summed E-state index contributed by atoms with van der Waals surface area (Å²) < 4.78 is 5.58. The van der Waals surface area contributed by atoms with Gasteiger partial charge in [-0.15, -0.1) is 0 Å². The number of likely N-dealkylation sites (tertiary alicyclic amines) is 1. The summed E-state index contributed by atoms with van der Waals surface area (Å²) in [5.74, 6) is 1.28. The molecule has 0 aliphatic carbocycles. The number of rotatable bonds is 3. The Morgan fingerprint density at radius 3 is 2.73 bits per heavy atom. The Balaban J connectivity index is 1.87. The molecule has 0 saturated carbocycles. The molecule has 2 saturated heterocycles. The molecule has 2 rings (SSSR count). The van der Waals surface area contributed by atoms with Gasteiger partial charge in [-0.1, -0.05) is 6.92 Å². The van der Waals surface area contributed by atoms with E-state index in [0.717, 1.165) is 25.9 Å². The maximum atomic E-state index is 12.4. The van der Waals surface area contributed by atoms with E-state index in [9.17, 15) is 4.79 Å². The number of hydrogen-bond donors (Lipinski definition) is 1. The van der Waals surface area contributed by atoms with Crippen LogP contribution >= 0.6 is 11.8 Å². The van der Waals surface area contributed by atoms with E-state index in [1.165, 1.54) is 25.0 Å². The van der Waals surface area contributed by atoms with Crippen LogP contribution in [0.1, 0.15) is 59.8 Å². The quantitative estimate of drug-likeness (QED) is 0.858. The lowest BCUT2D eigenvalue weighted by Gasteiger charge is -2.38. The highest BCUT2D eigenvalue weighted by atomic mass is 32.2. The van der Waals surface area contributed by atoms with Gasteiger partial charge in [-0.2, -0.15) is 11.8 Å². The predicted molar refractivity (Wildman–Crippen MR) is 93.5 cm³/mol. The average molecular weight is 329 g/mol. The van der Waals surface area contributed by atoms with Gasteiger partial charge in [0.05, 0.1) is 0 Å². The van der Waals surface area contributed by atoms with Gasteiger partial charge in [0.2, 0.25) is 0 Å². The number of nitrogens with zero attached hydrogens (tertiary/aromatic N) is 1. The van der Waals surface area contributed by atoms with E-state index in [4.69, 9.17) is 4.74 Å². The molecule has 0 radical (unpaired) electrons. The Bertz CT molecular complexity index is 370. The van der Waals surface area contributed by atoms with Gasteiger partial charge < -0.3 is 15.0 Å². The molecule has 2 aliphatic heterocycles. The van der Waals surface area contributed by atoms with E-state index >= 15 is 0 Å². The second-order valence-corrected chi connectivity index (χ2v) is 9.04. The minimum Gasteiger partial charge on any atom is -0.444 e. The van der Waals surface area contributed by atoms with Gasteiger partial charge in [-0.05, 0) is 58.6 Å². The highest BCUT2D eigenvalue weighted by Gasteiger charge is 2.31. The maximum Gasteiger partial charge on any atom is 0.410 e. The van der Waals surface area contributed by atoms with Gasteiger partial charge in [0.1, 0.15) is 5.60 Å². The van der Waals surface area contributed by atoms with Crippen molar-refractivity contribution in [2.24, 2.45) is 0 Å². The molecule has 3 atom stereocenters. The molecule has 0 aromatic carbocycles. The first kappa shape index (κ1) is 17.9. The summed E-state index contributed by atoms with van der Waals surface area (Å²) in [6.45, 7) is 9.84. The van der Waals surface area contributed by atoms with Crippen LogP contribution in [0.25, 0.3) is 0 Å². The summed E-state index contributed by atoms with van der Waals surface area (Å²) in [6.07, 6.45) is 5.79. The predicted octanol–water partition coefficient (Wildman–Crippen LogP) is 3.65. The minimum atomic E-state index is -0.416. The van der Waals surface area contributed by atoms with Gasteiger partial charge in [-0.25, -0.2) is 4.79 Å². The molecule has 2 fully saturated rings. The second-order valence-electron chi connectivity index (χ2n) is 7.56. The van der Waals surface area contributed by atoms with Crippen molar-refractivity contribution in [3.05, 3.63) is 0 Å². The molecule has 3 unspecified atom stereocenters. The number of ether oxygens (including phenoxy) is 1. The van der Waals surface area contributed by atoms with Gasteiger partial charge >= 0.3 is 6.09 Å². The van der Waals surface area contributed by atoms with Crippen molar-refractivity contribution in [1.29, 1.82) is 0 Å². The van der Waals surface area contributed by atoms with Crippen LogP contribution in [0.5, 0.6) is 0 Å². The van der Waals surface area contributed by atoms with Gasteiger partial charge in [0.15, 0.2) is 0 Å². The van der Waals surface area contributed by atoms with E-state index in [2.05, 4.69) is 24.0 Å². The van der Waals surface area contributed by atoms with Crippen LogP contribution in [0.2, 0.25) is 0 Å². The van der Waals surface area contributed by atoms with Gasteiger partial charge in [0.25, 0.3) is 0 Å². The molecule has 5 heteroatoms. The van der Waals surface area contributed by atoms with Crippen molar-refractivity contribution in [2.45, 2.75) is 82.7 Å². The summed E-state index contributed by atoms with van der Waals surface area (Å²) in [5.41, 5.74) is -0.416. The van der Waals surface area contributed by atoms with E-state index in [1.807, 2.05) is 25.7 Å². The van der Waals surface area contributed by atoms with E-state index in [-0.39, 0.29) is 12.1 Å². The molecule has 128 valence electrons. The van der Waals surface area contributed by atoms with Crippen molar-refractivity contribution in [2.75, 3.05) is 18.8 Å². The lowest BCUT2D eigenvalue weighted by molar-refractivity contribution is 0.00962. The highest BCUT2D eigenvalue weighted by molar-refractivity contribution is 7.99. The number of piperidine rings is 1. The normalized spacial score (nSPS) is 30.2. The fourth-order valence-electron chi connectivity index (χ4n) is 3.25. The molecule has 0 aromatic heterocycles. The molecule has 2 aliphatic rings. The van der Waals surface area contributed by atoms with E-state index in [0.29, 0.717) is 11.3 Å². The molecule has 1 N–H and O–H groups in total. The number of amides is 1. The van der Waals surface area contributed by atoms with Crippen LogP contribution in [0.4, 0.5) is 4.79 Å². The third-order valence-electron chi connectivity index (χ3n) is 4.48. The van der Waals surface area contributed by atoms with Crippen molar-refractivity contribution >= 4 is 17.9 Å². The third-order valence-corrected chi connectivity index (χ3v) is 5.86. The molecule has 2 heterocycles. The van der Waals surface area contributed by atoms with Crippen LogP contribution in [0.3, 0.4) is 0 Å². The zero-order chi connectivity index (χ0) is 16.2. The first-order valence-electron chi connectivity index (χ1n) is 8.71. The molecule has 4 nitrogen and oxygen atoms in total. The number of carbonyl (C=O) groups excluding carboxylic acids is 1. The Hall–Kier alpha value is -0.420. The second kappa shape index (κ2) is 7.91. The molecule has 22 heavy (non-hydrogen) atoms. The SMILES string of the molecule is CC1SCCCC1NCC1CCCCN1C(=O)OC(C)(C)C. The Morgan fingerprint density at radius 2 is 2.05 bits per heavy atom. The summed E-state index contributed by atoms with van der Waals surface area (Å²) in [4.78, 5) is 14.4. The van der Waals surface area contributed by atoms with Crippen LogP contribution in [-0.2, 0) is 4.74 Å². The van der Waals surface area contributed by atoms with E-state index in [1.54, 1.807) is 0 Å². The monoisotopic (exact) mass is 328 g/mol. The number of carbonyl (C=O) groups is 1. The molecule has 0 bridgehead atoms. The Morgan fingerprint density at radius 1 is 1.27 bits per heavy atom. The standard InChI is InChI=1S/C17H32N2O2S/c1-13-15(9-7-11-22-13)18-12-14-8-5-6-10-19(14)16(20)21-17(2,3)4/h13-15,18H,5-12H2,1-4H3. The van der Waals surface area contributed by atoms with E-state index < -0.39 is 5.60 Å². The minimum absolute atomic E-state index is 0.148. The number of nitrogens with one attached hydrogen (secondary N) is 1. The first-order valence-corrected chi connectivity index (χ1v) is 9.76. The lowest BCUT2D eigenvalue weighted by Crippen LogP contribution is -2.52. The number of thioether (sulfide) groups is 1. The molecule has 0 spiro atoms. The van der Waals surface area contributed by atoms with Crippen molar-refractivity contribution in [1.82, 2.24) is 10.2 Å². The van der Waals surface area contributed by atoms with Crippen LogP contribution in [-0.4, -0.2) is 52.8 Å². The number of hydrogen-bond acceptors (Lipinski definition) is 4. The molecule has 1 amide bonds. The van der Waals surface area contributed by atoms with Gasteiger partial charge in [-0.3, -0.25) is 0 Å². The average Bonchev–Trinajstić information content (AvgIpc) is 2.45. The summed E-state index contributed by atoms with van der Waals surface area (Å²) in [7, 11) is 0. The topological polar surface area (TPSA) is 41.6 Å². The summed E-state index contributed by atoms with van der Waals surface area (Å²) in [5, 5.41) is 4.39. The summed E-state index contributed by atoms with van der Waals surface area (Å²) in [6, 6.07) is 0.865. The van der Waals surface area contributed by atoms with Crippen molar-refractivity contribution < 1.29 is 9.53 Å². The fourth-order valence-corrected chi connectivity index (χ4v) is 4.42. The van der Waals surface area contributed by atoms with Crippen molar-refractivity contribution in [3.63, 3.8) is 0 Å². The smallest absolute Gasteiger partial charge is 0.410 e. The summed E-state index contributed by atoms with van der Waals surface area (Å²) >= 11 is 2.06. The highest BCUT2D eigenvalue weighted by Crippen LogP contribution is 2.26. The van der Waals surface area contributed by atoms with Crippen LogP contribution in [0.15, 0.2) is 0 Å². The molecule has 0 aromatic rings. The van der Waals surface area contributed by atoms with Crippen LogP contribution in [0, 0.1) is 0 Å². The maximum absolute atomic E-state index is 12.4. The third kappa shape index (κ3) is 5.34. The zero-order valence-electron chi connectivity index (χ0n) is 14.6. The van der Waals surface area contributed by atoms with Crippen LogP contribution < -0.4 is 5.32 Å². The Kier molecular flexibility index (Phi) is 6.45. The zero-order valence-corrected chi connectivity index (χ0v) is 15.4. The Labute approximate surface area is 139 Å². The van der Waals surface area contributed by atoms with Crippen molar-refractivity contribution in [3.8, 4) is 0 Å². The van der Waals surface area contributed by atoms with Gasteiger partial charge in [0, 0.05) is 30.4 Å².